The molecule has 0 atom stereocenters. The predicted molar refractivity (Wildman–Crippen MR) is 34.0 cm³/mol. The summed E-state index contributed by atoms with van der Waals surface area (Å²) in [4.78, 5) is 8.90. The van der Waals surface area contributed by atoms with Gasteiger partial charge in [0.25, 0.3) is 0 Å². The first-order valence-corrected chi connectivity index (χ1v) is 2.86. The molecule has 0 aromatic carbocycles. The molecule has 0 saturated heterocycles. The van der Waals surface area contributed by atoms with Gasteiger partial charge in [0.1, 0.15) is 0 Å². The molecule has 0 unspecified atom stereocenters. The van der Waals surface area contributed by atoms with Gasteiger partial charge in [-0.15, -0.1) is 0 Å². The van der Waals surface area contributed by atoms with Crippen LogP contribution >= 0.6 is 0 Å². The molecule has 0 aromatic rings. The van der Waals surface area contributed by atoms with Crippen LogP contribution in [0.1, 0.15) is 0 Å². The Morgan fingerprint density at radius 1 is 1.33 bits per heavy atom. The number of hydrogen-bond donors (Lipinski definition) is 3. The minimum atomic E-state index is -5.08. The van der Waals surface area contributed by atoms with Crippen LogP contribution in [-0.4, -0.2) is 23.9 Å². The van der Waals surface area contributed by atoms with E-state index in [2.05, 4.69) is 10.6 Å². The van der Waals surface area contributed by atoms with E-state index in [0.717, 1.165) is 6.67 Å². The van der Waals surface area contributed by atoms with E-state index in [1.54, 1.807) is 0 Å². The third-order valence-corrected chi connectivity index (χ3v) is 0.766. The second-order valence-electron chi connectivity index (χ2n) is 1.72. The molecule has 0 fully saturated rings. The van der Waals surface area contributed by atoms with E-state index in [9.17, 15) is 13.2 Å². The van der Waals surface area contributed by atoms with Gasteiger partial charge >= 0.3 is 12.1 Å². The Labute approximate surface area is 66.1 Å². The monoisotopic (exact) mass is 184 g/mol. The number of nitrogens with one attached hydrogen (secondary N) is 2. The molecule has 1 rings (SSSR count). The van der Waals surface area contributed by atoms with Crippen LogP contribution in [0.3, 0.4) is 0 Å². The highest BCUT2D eigenvalue weighted by molar-refractivity contribution is 5.73. The molecule has 0 saturated carbocycles. The van der Waals surface area contributed by atoms with E-state index in [0.29, 0.717) is 0 Å². The maximum atomic E-state index is 10.6. The number of alkyl halides is 3. The highest BCUT2D eigenvalue weighted by atomic mass is 19.4. The first-order chi connectivity index (χ1) is 5.44. The van der Waals surface area contributed by atoms with Crippen LogP contribution in [0.5, 0.6) is 0 Å². The van der Waals surface area contributed by atoms with Crippen LogP contribution in [0.25, 0.3) is 0 Å². The Balaban J connectivity index is 0.000000211. The zero-order chi connectivity index (χ0) is 9.61. The molecule has 0 aromatic heterocycles. The normalized spacial score (nSPS) is 13.9. The molecular weight excluding hydrogens is 177 g/mol. The van der Waals surface area contributed by atoms with E-state index in [4.69, 9.17) is 9.90 Å². The van der Waals surface area contributed by atoms with Gasteiger partial charge in [-0.3, -0.25) is 0 Å². The van der Waals surface area contributed by atoms with Crippen molar-refractivity contribution in [2.24, 2.45) is 0 Å². The summed E-state index contributed by atoms with van der Waals surface area (Å²) in [6.07, 6.45) is -1.33. The molecule has 1 aliphatic heterocycles. The summed E-state index contributed by atoms with van der Waals surface area (Å²) < 4.78 is 31.7. The van der Waals surface area contributed by atoms with Gasteiger partial charge < -0.3 is 15.7 Å². The fraction of sp³-hybridized carbons (Fsp3) is 0.400. The summed E-state index contributed by atoms with van der Waals surface area (Å²) >= 11 is 0. The van der Waals surface area contributed by atoms with E-state index in [1.165, 1.54) is 0 Å². The summed E-state index contributed by atoms with van der Waals surface area (Å²) in [6.45, 7) is 0.889. The van der Waals surface area contributed by atoms with Crippen molar-refractivity contribution in [3.63, 3.8) is 0 Å². The van der Waals surface area contributed by atoms with Crippen molar-refractivity contribution in [2.75, 3.05) is 6.67 Å². The molecule has 3 N–H and O–H groups in total. The molecule has 7 heteroatoms. The molecule has 0 aliphatic carbocycles. The van der Waals surface area contributed by atoms with Gasteiger partial charge in [-0.25, -0.2) is 4.79 Å². The smallest absolute Gasteiger partial charge is 0.475 e. The van der Waals surface area contributed by atoms with Crippen LogP contribution < -0.4 is 10.6 Å². The molecule has 70 valence electrons. The molecule has 12 heavy (non-hydrogen) atoms. The minimum absolute atomic E-state index is 0.889. The van der Waals surface area contributed by atoms with Crippen LogP contribution in [0, 0.1) is 0 Å². The van der Waals surface area contributed by atoms with Crippen LogP contribution in [0.4, 0.5) is 13.2 Å². The topological polar surface area (TPSA) is 61.4 Å². The van der Waals surface area contributed by atoms with Crippen LogP contribution in [-0.2, 0) is 4.79 Å². The molecular formula is C5H7F3N2O2. The van der Waals surface area contributed by atoms with Crippen LogP contribution in [0.15, 0.2) is 12.4 Å². The van der Waals surface area contributed by atoms with Gasteiger partial charge in [-0.05, 0) is 0 Å². The molecule has 1 heterocycles. The second kappa shape index (κ2) is 4.47. The van der Waals surface area contributed by atoms with Crippen molar-refractivity contribution in [3.8, 4) is 0 Å². The van der Waals surface area contributed by atoms with Crippen molar-refractivity contribution in [1.82, 2.24) is 10.6 Å². The first kappa shape index (κ1) is 10.6. The summed E-state index contributed by atoms with van der Waals surface area (Å²) in [5.41, 5.74) is 0. The van der Waals surface area contributed by atoms with Crippen molar-refractivity contribution in [3.05, 3.63) is 12.4 Å². The Morgan fingerprint density at radius 3 is 1.75 bits per heavy atom. The molecule has 0 bridgehead atoms. The summed E-state index contributed by atoms with van der Waals surface area (Å²) in [6, 6.07) is 0. The Hall–Kier alpha value is -1.40. The van der Waals surface area contributed by atoms with Gasteiger partial charge in [0.2, 0.25) is 0 Å². The van der Waals surface area contributed by atoms with Crippen molar-refractivity contribution in [2.45, 2.75) is 6.18 Å². The first-order valence-electron chi connectivity index (χ1n) is 2.86. The Bertz CT molecular complexity index is 172. The van der Waals surface area contributed by atoms with Gasteiger partial charge in [0.05, 0.1) is 6.67 Å². The standard InChI is InChI=1S/C3H6N2.C2HF3O2/c1-2-5-3-4-1;3-2(4,5)1(6)7/h1-2,4-5H,3H2;(H,6,7). The Kier molecular flexibility index (Phi) is 3.95. The van der Waals surface area contributed by atoms with E-state index < -0.39 is 12.1 Å². The zero-order valence-electron chi connectivity index (χ0n) is 5.85. The van der Waals surface area contributed by atoms with Crippen molar-refractivity contribution >= 4 is 5.97 Å². The quantitative estimate of drug-likeness (QED) is 0.504. The maximum absolute atomic E-state index is 10.6. The largest absolute Gasteiger partial charge is 0.490 e. The summed E-state index contributed by atoms with van der Waals surface area (Å²) in [5, 5.41) is 13.0. The molecule has 0 radical (unpaired) electrons. The van der Waals surface area contributed by atoms with E-state index in [-0.39, 0.29) is 0 Å². The fourth-order valence-corrected chi connectivity index (χ4v) is 0.295. The highest BCUT2D eigenvalue weighted by Gasteiger charge is 2.38. The average Bonchev–Trinajstić information content (AvgIpc) is 2.39. The lowest BCUT2D eigenvalue weighted by Gasteiger charge is -1.93. The zero-order valence-corrected chi connectivity index (χ0v) is 5.85. The van der Waals surface area contributed by atoms with E-state index >= 15 is 0 Å². The van der Waals surface area contributed by atoms with Gasteiger partial charge in [-0.2, -0.15) is 13.2 Å². The number of aliphatic carboxylic acids is 1. The fourth-order valence-electron chi connectivity index (χ4n) is 0.295. The van der Waals surface area contributed by atoms with Gasteiger partial charge in [-0.1, -0.05) is 0 Å². The lowest BCUT2D eigenvalue weighted by molar-refractivity contribution is -0.192. The molecule has 0 spiro atoms. The van der Waals surface area contributed by atoms with Crippen molar-refractivity contribution in [1.29, 1.82) is 0 Å². The summed E-state index contributed by atoms with van der Waals surface area (Å²) in [7, 11) is 0. The number of hydrogen-bond acceptors (Lipinski definition) is 3. The minimum Gasteiger partial charge on any atom is -0.475 e. The third kappa shape index (κ3) is 5.39. The maximum Gasteiger partial charge on any atom is 0.490 e. The SMILES string of the molecule is C1=CNCN1.O=C(O)C(F)(F)F. The number of carboxylic acids is 1. The average molecular weight is 184 g/mol. The predicted octanol–water partition coefficient (Wildman–Crippen LogP) is 0.241. The number of carbonyl (C=O) groups is 1. The highest BCUT2D eigenvalue weighted by Crippen LogP contribution is 2.13. The van der Waals surface area contributed by atoms with Crippen molar-refractivity contribution < 1.29 is 23.1 Å². The molecule has 0 amide bonds. The second-order valence-corrected chi connectivity index (χ2v) is 1.72. The lowest BCUT2D eigenvalue weighted by atomic mass is 10.7. The molecule has 1 aliphatic rings. The Morgan fingerprint density at radius 2 is 1.67 bits per heavy atom. The van der Waals surface area contributed by atoms with Crippen LogP contribution in [0.2, 0.25) is 0 Å². The summed E-state index contributed by atoms with van der Waals surface area (Å²) in [5.74, 6) is -2.76. The van der Waals surface area contributed by atoms with Gasteiger partial charge in [0.15, 0.2) is 0 Å². The van der Waals surface area contributed by atoms with E-state index in [1.807, 2.05) is 12.4 Å². The number of halogens is 3. The lowest BCUT2D eigenvalue weighted by Crippen LogP contribution is -2.21. The van der Waals surface area contributed by atoms with Gasteiger partial charge in [0, 0.05) is 12.4 Å². The third-order valence-electron chi connectivity index (χ3n) is 0.766. The molecule has 4 nitrogen and oxygen atoms in total. The number of carboxylic acid groups (broad SMARTS) is 1. The number of rotatable bonds is 0.